The SMILES string of the molecule is CC1SCCC1NCC1CCC(O)CC1. The highest BCUT2D eigenvalue weighted by Gasteiger charge is 2.25. The minimum atomic E-state index is -0.0118. The number of aliphatic hydroxyl groups is 1. The van der Waals surface area contributed by atoms with Gasteiger partial charge in [-0.15, -0.1) is 0 Å². The monoisotopic (exact) mass is 229 g/mol. The summed E-state index contributed by atoms with van der Waals surface area (Å²) in [5.74, 6) is 2.13. The molecule has 0 radical (unpaired) electrons. The molecular formula is C12H23NOS. The maximum Gasteiger partial charge on any atom is 0.0540 e. The van der Waals surface area contributed by atoms with Crippen LogP contribution in [-0.2, 0) is 0 Å². The highest BCUT2D eigenvalue weighted by Crippen LogP contribution is 2.28. The molecule has 1 saturated heterocycles. The lowest BCUT2D eigenvalue weighted by Crippen LogP contribution is -2.38. The Kier molecular flexibility index (Phi) is 4.35. The van der Waals surface area contributed by atoms with Crippen LogP contribution in [0.1, 0.15) is 39.0 Å². The van der Waals surface area contributed by atoms with Gasteiger partial charge in [0, 0.05) is 11.3 Å². The maximum absolute atomic E-state index is 9.43. The Morgan fingerprint density at radius 1 is 1.20 bits per heavy atom. The van der Waals surface area contributed by atoms with Crippen LogP contribution < -0.4 is 5.32 Å². The van der Waals surface area contributed by atoms with Gasteiger partial charge in [-0.05, 0) is 50.3 Å². The molecule has 15 heavy (non-hydrogen) atoms. The summed E-state index contributed by atoms with van der Waals surface area (Å²) in [4.78, 5) is 0. The smallest absolute Gasteiger partial charge is 0.0540 e. The molecule has 2 atom stereocenters. The molecule has 1 saturated carbocycles. The molecule has 88 valence electrons. The molecule has 0 spiro atoms. The van der Waals surface area contributed by atoms with Crippen molar-refractivity contribution in [1.29, 1.82) is 0 Å². The topological polar surface area (TPSA) is 32.3 Å². The second-order valence-corrected chi connectivity index (χ2v) is 6.54. The summed E-state index contributed by atoms with van der Waals surface area (Å²) in [5, 5.41) is 13.9. The molecule has 0 aromatic heterocycles. The molecular weight excluding hydrogens is 206 g/mol. The van der Waals surface area contributed by atoms with E-state index in [0.29, 0.717) is 0 Å². The first-order chi connectivity index (χ1) is 7.25. The molecule has 0 aromatic carbocycles. The van der Waals surface area contributed by atoms with Crippen LogP contribution >= 0.6 is 11.8 Å². The highest BCUT2D eigenvalue weighted by atomic mass is 32.2. The summed E-state index contributed by atoms with van der Waals surface area (Å²) in [6, 6.07) is 0.738. The van der Waals surface area contributed by atoms with Crippen molar-refractivity contribution in [2.45, 2.75) is 56.4 Å². The molecule has 2 rings (SSSR count). The first kappa shape index (κ1) is 11.7. The first-order valence-corrected chi connectivity index (χ1v) is 7.33. The van der Waals surface area contributed by atoms with E-state index >= 15 is 0 Å². The Labute approximate surface area is 97.2 Å². The Morgan fingerprint density at radius 3 is 2.53 bits per heavy atom. The quantitative estimate of drug-likeness (QED) is 0.776. The van der Waals surface area contributed by atoms with Gasteiger partial charge in [-0.3, -0.25) is 0 Å². The molecule has 1 aliphatic heterocycles. The van der Waals surface area contributed by atoms with Gasteiger partial charge in [0.15, 0.2) is 0 Å². The van der Waals surface area contributed by atoms with Crippen LogP contribution in [0.3, 0.4) is 0 Å². The lowest BCUT2D eigenvalue weighted by Gasteiger charge is -2.27. The predicted molar refractivity (Wildman–Crippen MR) is 66.3 cm³/mol. The van der Waals surface area contributed by atoms with Crippen molar-refractivity contribution in [3.05, 3.63) is 0 Å². The average molecular weight is 229 g/mol. The van der Waals surface area contributed by atoms with Crippen LogP contribution in [0.15, 0.2) is 0 Å². The van der Waals surface area contributed by atoms with Crippen LogP contribution in [0, 0.1) is 5.92 Å². The van der Waals surface area contributed by atoms with Crippen molar-refractivity contribution in [2.75, 3.05) is 12.3 Å². The summed E-state index contributed by atoms with van der Waals surface area (Å²) >= 11 is 2.09. The zero-order valence-electron chi connectivity index (χ0n) is 9.61. The van der Waals surface area contributed by atoms with Crippen molar-refractivity contribution in [2.24, 2.45) is 5.92 Å². The summed E-state index contributed by atoms with van der Waals surface area (Å²) < 4.78 is 0. The van der Waals surface area contributed by atoms with E-state index in [2.05, 4.69) is 24.0 Å². The van der Waals surface area contributed by atoms with Gasteiger partial charge in [0.1, 0.15) is 0 Å². The molecule has 1 heterocycles. The standard InChI is InChI=1S/C12H23NOS/c1-9-12(6-7-15-9)13-8-10-2-4-11(14)5-3-10/h9-14H,2-8H2,1H3. The predicted octanol–water partition coefficient (Wildman–Crippen LogP) is 2.02. The zero-order chi connectivity index (χ0) is 10.7. The second-order valence-electron chi connectivity index (χ2n) is 5.05. The summed E-state index contributed by atoms with van der Waals surface area (Å²) in [5.41, 5.74) is 0. The zero-order valence-corrected chi connectivity index (χ0v) is 10.4. The fourth-order valence-corrected chi connectivity index (χ4v) is 3.89. The normalized spacial score (nSPS) is 42.0. The number of aliphatic hydroxyl groups excluding tert-OH is 1. The van der Waals surface area contributed by atoms with E-state index in [0.717, 1.165) is 30.1 Å². The fourth-order valence-electron chi connectivity index (χ4n) is 2.67. The number of hydrogen-bond donors (Lipinski definition) is 2. The van der Waals surface area contributed by atoms with Crippen molar-refractivity contribution in [1.82, 2.24) is 5.32 Å². The summed E-state index contributed by atoms with van der Waals surface area (Å²) in [6.07, 6.45) is 5.77. The Balaban J connectivity index is 1.65. The minimum Gasteiger partial charge on any atom is -0.393 e. The highest BCUT2D eigenvalue weighted by molar-refractivity contribution is 8.00. The van der Waals surface area contributed by atoms with E-state index in [1.165, 1.54) is 31.6 Å². The van der Waals surface area contributed by atoms with Crippen LogP contribution in [0.2, 0.25) is 0 Å². The van der Waals surface area contributed by atoms with Gasteiger partial charge in [0.2, 0.25) is 0 Å². The molecule has 2 nitrogen and oxygen atoms in total. The summed E-state index contributed by atoms with van der Waals surface area (Å²) in [7, 11) is 0. The molecule has 2 unspecified atom stereocenters. The average Bonchev–Trinajstić information content (AvgIpc) is 2.63. The Morgan fingerprint density at radius 2 is 1.93 bits per heavy atom. The first-order valence-electron chi connectivity index (χ1n) is 6.28. The molecule has 1 aliphatic carbocycles. The summed E-state index contributed by atoms with van der Waals surface area (Å²) in [6.45, 7) is 3.50. The Bertz CT molecular complexity index is 192. The number of rotatable bonds is 3. The van der Waals surface area contributed by atoms with Crippen LogP contribution in [0.25, 0.3) is 0 Å². The van der Waals surface area contributed by atoms with E-state index in [-0.39, 0.29) is 6.10 Å². The van der Waals surface area contributed by atoms with Crippen molar-refractivity contribution in [3.63, 3.8) is 0 Å². The molecule has 3 heteroatoms. The van der Waals surface area contributed by atoms with Crippen molar-refractivity contribution in [3.8, 4) is 0 Å². The van der Waals surface area contributed by atoms with Gasteiger partial charge < -0.3 is 10.4 Å². The van der Waals surface area contributed by atoms with E-state index in [4.69, 9.17) is 0 Å². The van der Waals surface area contributed by atoms with Gasteiger partial charge in [-0.1, -0.05) is 6.92 Å². The molecule has 0 aromatic rings. The van der Waals surface area contributed by atoms with E-state index in [1.807, 2.05) is 0 Å². The van der Waals surface area contributed by atoms with Crippen molar-refractivity contribution >= 4 is 11.8 Å². The molecule has 2 N–H and O–H groups in total. The fraction of sp³-hybridized carbons (Fsp3) is 1.00. The van der Waals surface area contributed by atoms with Gasteiger partial charge in [-0.2, -0.15) is 11.8 Å². The second kappa shape index (κ2) is 5.55. The van der Waals surface area contributed by atoms with Gasteiger partial charge in [-0.25, -0.2) is 0 Å². The number of thioether (sulfide) groups is 1. The molecule has 0 bridgehead atoms. The molecule has 0 amide bonds. The van der Waals surface area contributed by atoms with Crippen molar-refractivity contribution < 1.29 is 5.11 Å². The van der Waals surface area contributed by atoms with Gasteiger partial charge in [0.05, 0.1) is 6.10 Å². The number of nitrogens with one attached hydrogen (secondary N) is 1. The van der Waals surface area contributed by atoms with Gasteiger partial charge in [0.25, 0.3) is 0 Å². The van der Waals surface area contributed by atoms with Crippen LogP contribution in [-0.4, -0.2) is 34.8 Å². The molecule has 2 aliphatic rings. The van der Waals surface area contributed by atoms with Crippen LogP contribution in [0.5, 0.6) is 0 Å². The maximum atomic E-state index is 9.43. The minimum absolute atomic E-state index is 0.0118. The van der Waals surface area contributed by atoms with E-state index in [1.54, 1.807) is 0 Å². The van der Waals surface area contributed by atoms with E-state index in [9.17, 15) is 5.11 Å². The molecule has 2 fully saturated rings. The largest absolute Gasteiger partial charge is 0.393 e. The van der Waals surface area contributed by atoms with Crippen LogP contribution in [0.4, 0.5) is 0 Å². The third-order valence-corrected chi connectivity index (χ3v) is 5.19. The lowest BCUT2D eigenvalue weighted by atomic mass is 9.87. The van der Waals surface area contributed by atoms with Gasteiger partial charge >= 0.3 is 0 Å². The lowest BCUT2D eigenvalue weighted by molar-refractivity contribution is 0.107. The van der Waals surface area contributed by atoms with E-state index < -0.39 is 0 Å². The Hall–Kier alpha value is 0.270. The third kappa shape index (κ3) is 3.36. The third-order valence-electron chi connectivity index (χ3n) is 3.86. The number of hydrogen-bond acceptors (Lipinski definition) is 3.